The number of nitrogens with one attached hydrogen (secondary N) is 1. The summed E-state index contributed by atoms with van der Waals surface area (Å²) in [6, 6.07) is 6.22. The Morgan fingerprint density at radius 3 is 2.30 bits per heavy atom. The van der Waals surface area contributed by atoms with Crippen molar-refractivity contribution in [3.05, 3.63) is 64.4 Å². The molecule has 0 bridgehead atoms. The van der Waals surface area contributed by atoms with Crippen molar-refractivity contribution in [3.8, 4) is 5.75 Å². The molecule has 3 rings (SSSR count). The predicted octanol–water partition coefficient (Wildman–Crippen LogP) is 6.43. The molecule has 0 radical (unpaired) electrons. The smallest absolute Gasteiger partial charge is 0.416 e. The van der Waals surface area contributed by atoms with Gasteiger partial charge >= 0.3 is 6.18 Å². The molecule has 1 N–H and O–H groups in total. The first-order chi connectivity index (χ1) is 14.0. The Morgan fingerprint density at radius 2 is 1.73 bits per heavy atom. The number of aryl methyl sites for hydroxylation is 3. The number of allylic oxidation sites excluding steroid dienone is 1. The molecule has 0 spiro atoms. The fourth-order valence-electron chi connectivity index (χ4n) is 3.36. The van der Waals surface area contributed by atoms with Crippen molar-refractivity contribution in [1.29, 1.82) is 0 Å². The van der Waals surface area contributed by atoms with Gasteiger partial charge in [-0.2, -0.15) is 13.2 Å². The summed E-state index contributed by atoms with van der Waals surface area (Å²) in [4.78, 5) is 12.4. The first-order valence-electron chi connectivity index (χ1n) is 9.27. The highest BCUT2D eigenvalue weighted by molar-refractivity contribution is 6.05. The molecule has 0 fully saturated rings. The summed E-state index contributed by atoms with van der Waals surface area (Å²) < 4.78 is 49.4. The molecule has 0 aliphatic heterocycles. The van der Waals surface area contributed by atoms with Gasteiger partial charge in [-0.15, -0.1) is 0 Å². The number of carbonyl (C=O) groups is 1. The van der Waals surface area contributed by atoms with Gasteiger partial charge in [0.2, 0.25) is 5.91 Å². The standard InChI is InChI=1S/C23H22F3NO3/c1-12(10-20(28)27-17-8-6-16(7-9-17)23(24,25)26)18-11-19-13(2)15(4)30-22(19)14(3)21(18)29-5/h6-11H,1-5H3,(H,27,28)/b12-10+. The lowest BCUT2D eigenvalue weighted by molar-refractivity contribution is -0.137. The molecule has 1 heterocycles. The Balaban J connectivity index is 1.91. The number of halogens is 3. The molecule has 0 atom stereocenters. The van der Waals surface area contributed by atoms with E-state index in [1.165, 1.54) is 18.2 Å². The van der Waals surface area contributed by atoms with Crippen LogP contribution in [0.2, 0.25) is 0 Å². The molecule has 30 heavy (non-hydrogen) atoms. The Morgan fingerprint density at radius 1 is 1.10 bits per heavy atom. The molecule has 7 heteroatoms. The zero-order valence-corrected chi connectivity index (χ0v) is 17.3. The Kier molecular flexibility index (Phi) is 5.65. The van der Waals surface area contributed by atoms with Crippen molar-refractivity contribution in [2.45, 2.75) is 33.9 Å². The van der Waals surface area contributed by atoms with E-state index in [-0.39, 0.29) is 5.69 Å². The van der Waals surface area contributed by atoms with Crippen LogP contribution < -0.4 is 10.1 Å². The highest BCUT2D eigenvalue weighted by Crippen LogP contribution is 2.38. The van der Waals surface area contributed by atoms with Gasteiger partial charge in [0.15, 0.2) is 0 Å². The van der Waals surface area contributed by atoms with Gasteiger partial charge < -0.3 is 14.5 Å². The van der Waals surface area contributed by atoms with Crippen LogP contribution in [0, 0.1) is 20.8 Å². The second-order valence-corrected chi connectivity index (χ2v) is 7.13. The van der Waals surface area contributed by atoms with Crippen LogP contribution in [0.5, 0.6) is 5.75 Å². The highest BCUT2D eigenvalue weighted by atomic mass is 19.4. The number of benzene rings is 2. The van der Waals surface area contributed by atoms with E-state index in [0.717, 1.165) is 45.6 Å². The number of alkyl halides is 3. The number of anilines is 1. The number of ether oxygens (including phenoxy) is 1. The molecule has 1 amide bonds. The average Bonchev–Trinajstić information content (AvgIpc) is 2.96. The summed E-state index contributed by atoms with van der Waals surface area (Å²) in [5, 5.41) is 3.53. The van der Waals surface area contributed by atoms with Gasteiger partial charge in [-0.3, -0.25) is 4.79 Å². The van der Waals surface area contributed by atoms with Crippen LogP contribution in [-0.4, -0.2) is 13.0 Å². The molecule has 2 aromatic carbocycles. The third-order valence-electron chi connectivity index (χ3n) is 5.10. The van der Waals surface area contributed by atoms with Crippen LogP contribution in [0.4, 0.5) is 18.9 Å². The second-order valence-electron chi connectivity index (χ2n) is 7.13. The van der Waals surface area contributed by atoms with Crippen molar-refractivity contribution in [3.63, 3.8) is 0 Å². The van der Waals surface area contributed by atoms with Crippen LogP contribution >= 0.6 is 0 Å². The summed E-state index contributed by atoms with van der Waals surface area (Å²) in [5.74, 6) is 0.966. The maximum Gasteiger partial charge on any atom is 0.416 e. The minimum atomic E-state index is -4.42. The summed E-state index contributed by atoms with van der Waals surface area (Å²) in [6.45, 7) is 7.52. The van der Waals surface area contributed by atoms with Gasteiger partial charge in [0, 0.05) is 28.3 Å². The molecule has 1 aromatic heterocycles. The van der Waals surface area contributed by atoms with E-state index in [1.54, 1.807) is 14.0 Å². The number of fused-ring (bicyclic) bond motifs is 1. The van der Waals surface area contributed by atoms with E-state index in [2.05, 4.69) is 5.32 Å². The van der Waals surface area contributed by atoms with Gasteiger partial charge in [-0.1, -0.05) is 0 Å². The molecular weight excluding hydrogens is 395 g/mol. The lowest BCUT2D eigenvalue weighted by atomic mass is 9.98. The number of furan rings is 1. The summed E-state index contributed by atoms with van der Waals surface area (Å²) in [5.41, 5.74) is 3.49. The zero-order valence-electron chi connectivity index (χ0n) is 17.3. The van der Waals surface area contributed by atoms with Crippen LogP contribution in [0.15, 0.2) is 40.8 Å². The van der Waals surface area contributed by atoms with Crippen molar-refractivity contribution >= 4 is 28.1 Å². The van der Waals surface area contributed by atoms with E-state index in [4.69, 9.17) is 9.15 Å². The number of carbonyl (C=O) groups excluding carboxylic acids is 1. The van der Waals surface area contributed by atoms with Crippen molar-refractivity contribution in [2.75, 3.05) is 12.4 Å². The van der Waals surface area contributed by atoms with Crippen LogP contribution in [0.3, 0.4) is 0 Å². The van der Waals surface area contributed by atoms with Crippen molar-refractivity contribution in [1.82, 2.24) is 0 Å². The van der Waals surface area contributed by atoms with E-state index in [0.29, 0.717) is 11.3 Å². The number of amides is 1. The van der Waals surface area contributed by atoms with Gasteiger partial charge in [-0.25, -0.2) is 0 Å². The third kappa shape index (κ3) is 4.06. The first kappa shape index (κ1) is 21.5. The summed E-state index contributed by atoms with van der Waals surface area (Å²) >= 11 is 0. The number of rotatable bonds is 4. The number of methoxy groups -OCH3 is 1. The molecule has 0 saturated heterocycles. The minimum Gasteiger partial charge on any atom is -0.496 e. The molecular formula is C23H22F3NO3. The Bertz CT molecular complexity index is 1140. The Labute approximate surface area is 172 Å². The van der Waals surface area contributed by atoms with Gasteiger partial charge in [0.25, 0.3) is 0 Å². The van der Waals surface area contributed by atoms with Crippen molar-refractivity contribution in [2.24, 2.45) is 0 Å². The lowest BCUT2D eigenvalue weighted by Gasteiger charge is -2.13. The second kappa shape index (κ2) is 7.89. The maximum absolute atomic E-state index is 12.7. The average molecular weight is 417 g/mol. The Hall–Kier alpha value is -3.22. The SMILES string of the molecule is COc1c(/C(C)=C/C(=O)Nc2ccc(C(F)(F)F)cc2)cc2c(C)c(C)oc2c1C. The maximum atomic E-state index is 12.7. The van der Waals surface area contributed by atoms with Crippen LogP contribution in [0.1, 0.15) is 34.9 Å². The summed E-state index contributed by atoms with van der Waals surface area (Å²) in [6.07, 6.45) is -3.03. The first-order valence-corrected chi connectivity index (χ1v) is 9.27. The fraction of sp³-hybridized carbons (Fsp3) is 0.261. The van der Waals surface area contributed by atoms with Crippen molar-refractivity contribution < 1.29 is 27.1 Å². The molecule has 4 nitrogen and oxygen atoms in total. The highest BCUT2D eigenvalue weighted by Gasteiger charge is 2.30. The zero-order chi connectivity index (χ0) is 22.2. The van der Waals surface area contributed by atoms with Crippen LogP contribution in [0.25, 0.3) is 16.5 Å². The largest absolute Gasteiger partial charge is 0.496 e. The molecule has 158 valence electrons. The third-order valence-corrected chi connectivity index (χ3v) is 5.10. The molecule has 3 aromatic rings. The number of hydrogen-bond acceptors (Lipinski definition) is 3. The van der Waals surface area contributed by atoms with Gasteiger partial charge in [-0.05, 0) is 69.2 Å². The minimum absolute atomic E-state index is 0.275. The quantitative estimate of drug-likeness (QED) is 0.498. The van der Waals surface area contributed by atoms with Gasteiger partial charge in [0.05, 0.1) is 12.7 Å². The fourth-order valence-corrected chi connectivity index (χ4v) is 3.36. The predicted molar refractivity (Wildman–Crippen MR) is 111 cm³/mol. The molecule has 0 aliphatic rings. The van der Waals surface area contributed by atoms with Crippen LogP contribution in [-0.2, 0) is 11.0 Å². The lowest BCUT2D eigenvalue weighted by Crippen LogP contribution is -2.10. The summed E-state index contributed by atoms with van der Waals surface area (Å²) in [7, 11) is 1.55. The monoisotopic (exact) mass is 417 g/mol. The van der Waals surface area contributed by atoms with Gasteiger partial charge in [0.1, 0.15) is 17.1 Å². The molecule has 0 saturated carbocycles. The van der Waals surface area contributed by atoms with E-state index >= 15 is 0 Å². The van der Waals surface area contributed by atoms with E-state index in [9.17, 15) is 18.0 Å². The molecule has 0 unspecified atom stereocenters. The van der Waals surface area contributed by atoms with E-state index in [1.807, 2.05) is 26.8 Å². The van der Waals surface area contributed by atoms with E-state index < -0.39 is 17.6 Å². The normalized spacial score (nSPS) is 12.3. The number of hydrogen-bond donors (Lipinski definition) is 1. The topological polar surface area (TPSA) is 51.5 Å². The molecule has 0 aliphatic carbocycles.